The maximum absolute atomic E-state index is 10.7. The van der Waals surface area contributed by atoms with Gasteiger partial charge in [-0.25, -0.2) is 4.79 Å². The summed E-state index contributed by atoms with van der Waals surface area (Å²) in [6.45, 7) is 1.87. The van der Waals surface area contributed by atoms with Gasteiger partial charge in [-0.2, -0.15) is 0 Å². The normalized spacial score (nSPS) is 10.2. The molecule has 1 heterocycles. The Morgan fingerprint density at radius 2 is 2.15 bits per heavy atom. The molecule has 1 aromatic heterocycles. The molecule has 104 valence electrons. The fraction of sp³-hybridized carbons (Fsp3) is 0.154. The molecule has 0 aliphatic heterocycles. The molecule has 0 atom stereocenters. The van der Waals surface area contributed by atoms with Gasteiger partial charge in [-0.3, -0.25) is 10.1 Å². The number of rotatable bonds is 5. The maximum Gasteiger partial charge on any atom is 0.345 e. The van der Waals surface area contributed by atoms with Gasteiger partial charge in [-0.1, -0.05) is 0 Å². The van der Waals surface area contributed by atoms with Crippen LogP contribution in [0.15, 0.2) is 30.3 Å². The molecule has 0 spiro atoms. The molecule has 2 aromatic rings. The van der Waals surface area contributed by atoms with Gasteiger partial charge < -0.3 is 9.84 Å². The highest BCUT2D eigenvalue weighted by molar-refractivity contribution is 7.13. The first-order valence-electron chi connectivity index (χ1n) is 5.67. The van der Waals surface area contributed by atoms with Crippen LogP contribution >= 0.6 is 11.3 Å². The van der Waals surface area contributed by atoms with E-state index >= 15 is 0 Å². The number of thiophene rings is 1. The van der Waals surface area contributed by atoms with Gasteiger partial charge in [-0.15, -0.1) is 11.3 Å². The van der Waals surface area contributed by atoms with E-state index in [1.807, 2.05) is 0 Å². The van der Waals surface area contributed by atoms with Crippen LogP contribution in [0.3, 0.4) is 0 Å². The molecule has 1 aromatic carbocycles. The molecule has 7 heteroatoms. The Kier molecular flexibility index (Phi) is 3.99. The van der Waals surface area contributed by atoms with Crippen LogP contribution in [0.5, 0.6) is 5.75 Å². The predicted molar refractivity (Wildman–Crippen MR) is 73.4 cm³/mol. The molecular weight excluding hydrogens is 282 g/mol. The van der Waals surface area contributed by atoms with Crippen LogP contribution < -0.4 is 4.74 Å². The molecule has 0 fully saturated rings. The zero-order valence-electron chi connectivity index (χ0n) is 10.5. The van der Waals surface area contributed by atoms with Gasteiger partial charge in [0.1, 0.15) is 17.2 Å². The summed E-state index contributed by atoms with van der Waals surface area (Å²) >= 11 is 1.14. The Morgan fingerprint density at radius 3 is 2.70 bits per heavy atom. The van der Waals surface area contributed by atoms with E-state index in [4.69, 9.17) is 9.84 Å². The number of carboxylic acid groups (broad SMARTS) is 1. The minimum atomic E-state index is -0.965. The maximum atomic E-state index is 10.7. The van der Waals surface area contributed by atoms with Crippen molar-refractivity contribution in [2.75, 3.05) is 0 Å². The summed E-state index contributed by atoms with van der Waals surface area (Å²) in [6.07, 6.45) is 0. The van der Waals surface area contributed by atoms with Gasteiger partial charge in [0.05, 0.1) is 4.92 Å². The minimum Gasteiger partial charge on any atom is -0.488 e. The van der Waals surface area contributed by atoms with Gasteiger partial charge >= 0.3 is 5.97 Å². The second-order valence-electron chi connectivity index (χ2n) is 4.07. The van der Waals surface area contributed by atoms with Gasteiger partial charge in [0, 0.05) is 16.5 Å². The lowest BCUT2D eigenvalue weighted by atomic mass is 10.2. The van der Waals surface area contributed by atoms with Crippen molar-refractivity contribution >= 4 is 23.0 Å². The predicted octanol–water partition coefficient (Wildman–Crippen LogP) is 3.24. The standard InChI is InChI=1S/C13H11NO5S/c1-8-6-9(2-4-11(8)14(17)18)19-7-10-3-5-12(20-10)13(15)16/h2-6H,7H2,1H3,(H,15,16). The zero-order valence-corrected chi connectivity index (χ0v) is 11.3. The van der Waals surface area contributed by atoms with Crippen molar-refractivity contribution in [3.63, 3.8) is 0 Å². The average molecular weight is 293 g/mol. The van der Waals surface area contributed by atoms with E-state index in [-0.39, 0.29) is 17.2 Å². The van der Waals surface area contributed by atoms with Crippen molar-refractivity contribution in [3.05, 3.63) is 55.8 Å². The Hall–Kier alpha value is -2.41. The third-order valence-corrected chi connectivity index (χ3v) is 3.67. The van der Waals surface area contributed by atoms with Crippen molar-refractivity contribution in [1.82, 2.24) is 0 Å². The minimum absolute atomic E-state index is 0.0432. The lowest BCUT2D eigenvalue weighted by Crippen LogP contribution is -1.96. The fourth-order valence-electron chi connectivity index (χ4n) is 1.65. The third-order valence-electron chi connectivity index (χ3n) is 2.62. The Bertz CT molecular complexity index is 665. The highest BCUT2D eigenvalue weighted by atomic mass is 32.1. The monoisotopic (exact) mass is 293 g/mol. The molecular formula is C13H11NO5S. The number of hydrogen-bond donors (Lipinski definition) is 1. The van der Waals surface area contributed by atoms with Crippen LogP contribution in [0.1, 0.15) is 20.1 Å². The Balaban J connectivity index is 2.05. The molecule has 20 heavy (non-hydrogen) atoms. The van der Waals surface area contributed by atoms with Crippen molar-refractivity contribution in [2.45, 2.75) is 13.5 Å². The number of nitro groups is 1. The van der Waals surface area contributed by atoms with Gasteiger partial charge in [0.25, 0.3) is 5.69 Å². The molecule has 0 saturated heterocycles. The van der Waals surface area contributed by atoms with Gasteiger partial charge in [-0.05, 0) is 31.2 Å². The van der Waals surface area contributed by atoms with E-state index in [0.29, 0.717) is 11.3 Å². The van der Waals surface area contributed by atoms with E-state index < -0.39 is 10.9 Å². The number of ether oxygens (including phenoxy) is 1. The molecule has 0 radical (unpaired) electrons. The molecule has 0 aliphatic carbocycles. The van der Waals surface area contributed by atoms with E-state index in [2.05, 4.69) is 0 Å². The van der Waals surface area contributed by atoms with Gasteiger partial charge in [0.15, 0.2) is 0 Å². The third kappa shape index (κ3) is 3.12. The number of carboxylic acids is 1. The number of benzene rings is 1. The second-order valence-corrected chi connectivity index (χ2v) is 5.23. The average Bonchev–Trinajstić information content (AvgIpc) is 2.85. The smallest absolute Gasteiger partial charge is 0.345 e. The summed E-state index contributed by atoms with van der Waals surface area (Å²) in [4.78, 5) is 22.0. The highest BCUT2D eigenvalue weighted by Crippen LogP contribution is 2.24. The quantitative estimate of drug-likeness (QED) is 0.675. The van der Waals surface area contributed by atoms with E-state index in [1.54, 1.807) is 19.1 Å². The van der Waals surface area contributed by atoms with Crippen LogP contribution in [0.25, 0.3) is 0 Å². The van der Waals surface area contributed by atoms with Crippen molar-refractivity contribution in [1.29, 1.82) is 0 Å². The SMILES string of the molecule is Cc1cc(OCc2ccc(C(=O)O)s2)ccc1[N+](=O)[O-]. The number of hydrogen-bond acceptors (Lipinski definition) is 5. The Labute approximate surface area is 118 Å². The topological polar surface area (TPSA) is 89.7 Å². The first-order chi connectivity index (χ1) is 9.47. The molecule has 0 unspecified atom stereocenters. The number of aromatic carboxylic acids is 1. The van der Waals surface area contributed by atoms with Gasteiger partial charge in [0.2, 0.25) is 0 Å². The molecule has 0 amide bonds. The van der Waals surface area contributed by atoms with Crippen LogP contribution in [-0.2, 0) is 6.61 Å². The number of aryl methyl sites for hydroxylation is 1. The number of nitro benzene ring substituents is 1. The Morgan fingerprint density at radius 1 is 1.40 bits per heavy atom. The van der Waals surface area contributed by atoms with Crippen LogP contribution in [0.4, 0.5) is 5.69 Å². The largest absolute Gasteiger partial charge is 0.488 e. The van der Waals surface area contributed by atoms with Crippen molar-refractivity contribution in [2.24, 2.45) is 0 Å². The van der Waals surface area contributed by atoms with Crippen LogP contribution in [0, 0.1) is 17.0 Å². The van der Waals surface area contributed by atoms with E-state index in [0.717, 1.165) is 16.2 Å². The molecule has 6 nitrogen and oxygen atoms in total. The summed E-state index contributed by atoms with van der Waals surface area (Å²) in [5, 5.41) is 19.5. The lowest BCUT2D eigenvalue weighted by Gasteiger charge is -2.05. The first-order valence-corrected chi connectivity index (χ1v) is 6.49. The molecule has 0 saturated carbocycles. The zero-order chi connectivity index (χ0) is 14.7. The lowest BCUT2D eigenvalue weighted by molar-refractivity contribution is -0.385. The molecule has 0 bridgehead atoms. The molecule has 2 rings (SSSR count). The van der Waals surface area contributed by atoms with E-state index in [1.165, 1.54) is 18.2 Å². The first kappa shape index (κ1) is 14.0. The summed E-state index contributed by atoms with van der Waals surface area (Å²) in [5.41, 5.74) is 0.562. The van der Waals surface area contributed by atoms with Crippen molar-refractivity contribution < 1.29 is 19.6 Å². The summed E-state index contributed by atoms with van der Waals surface area (Å²) in [6, 6.07) is 7.71. The summed E-state index contributed by atoms with van der Waals surface area (Å²) < 4.78 is 5.50. The van der Waals surface area contributed by atoms with Crippen LogP contribution in [-0.4, -0.2) is 16.0 Å². The molecule has 0 aliphatic rings. The van der Waals surface area contributed by atoms with Crippen LogP contribution in [0.2, 0.25) is 0 Å². The van der Waals surface area contributed by atoms with E-state index in [9.17, 15) is 14.9 Å². The summed E-state index contributed by atoms with van der Waals surface area (Å²) in [5.74, 6) is -0.453. The fourth-order valence-corrected chi connectivity index (χ4v) is 2.41. The second kappa shape index (κ2) is 5.70. The number of nitrogens with zero attached hydrogens (tertiary/aromatic N) is 1. The highest BCUT2D eigenvalue weighted by Gasteiger charge is 2.11. The van der Waals surface area contributed by atoms with Crippen molar-refractivity contribution in [3.8, 4) is 5.75 Å². The number of carbonyl (C=O) groups is 1. The summed E-state index contributed by atoms with van der Waals surface area (Å²) in [7, 11) is 0. The molecule has 1 N–H and O–H groups in total.